The first-order valence-electron chi connectivity index (χ1n) is 6.42. The van der Waals surface area contributed by atoms with E-state index in [1.165, 1.54) is 36.3 Å². The predicted molar refractivity (Wildman–Crippen MR) is 76.4 cm³/mol. The molecule has 1 aromatic carbocycles. The highest BCUT2D eigenvalue weighted by Crippen LogP contribution is 2.19. The first-order valence-corrected chi connectivity index (χ1v) is 7.47. The van der Waals surface area contributed by atoms with Gasteiger partial charge in [-0.1, -0.05) is 24.3 Å². The Kier molecular flexibility index (Phi) is 4.89. The van der Waals surface area contributed by atoms with Crippen LogP contribution in [0.2, 0.25) is 0 Å². The van der Waals surface area contributed by atoms with E-state index in [0.717, 1.165) is 6.42 Å². The zero-order chi connectivity index (χ0) is 12.1. The summed E-state index contributed by atoms with van der Waals surface area (Å²) in [6, 6.07) is 9.18. The van der Waals surface area contributed by atoms with Crippen LogP contribution >= 0.6 is 11.8 Å². The summed E-state index contributed by atoms with van der Waals surface area (Å²) < 4.78 is 0. The average molecular weight is 250 g/mol. The lowest BCUT2D eigenvalue weighted by atomic mass is 10.0. The average Bonchev–Trinajstić information content (AvgIpc) is 2.80. The van der Waals surface area contributed by atoms with Crippen LogP contribution in [0.4, 0.5) is 0 Å². The second-order valence-electron chi connectivity index (χ2n) is 4.85. The normalized spacial score (nSPS) is 21.6. The molecule has 0 bridgehead atoms. The van der Waals surface area contributed by atoms with E-state index in [4.69, 9.17) is 5.73 Å². The molecule has 3 heteroatoms. The molecule has 2 rings (SSSR count). The summed E-state index contributed by atoms with van der Waals surface area (Å²) >= 11 is 2.05. The fourth-order valence-electron chi connectivity index (χ4n) is 2.18. The smallest absolute Gasteiger partial charge is 0.0536 e. The van der Waals surface area contributed by atoms with Crippen LogP contribution in [0, 0.1) is 0 Å². The molecule has 3 N–H and O–H groups in total. The third-order valence-electron chi connectivity index (χ3n) is 3.07. The highest BCUT2D eigenvalue weighted by Gasteiger charge is 2.13. The minimum Gasteiger partial charge on any atom is -0.328 e. The SMILES string of the molecule is CC(N)Cc1ccc(CCC2NCCS2)cc1. The Bertz CT molecular complexity index is 329. The number of hydrogen-bond donors (Lipinski definition) is 2. The van der Waals surface area contributed by atoms with Crippen molar-refractivity contribution in [1.82, 2.24) is 5.32 Å². The van der Waals surface area contributed by atoms with Crippen molar-refractivity contribution in [2.75, 3.05) is 12.3 Å². The van der Waals surface area contributed by atoms with Crippen LogP contribution < -0.4 is 11.1 Å². The van der Waals surface area contributed by atoms with Gasteiger partial charge in [-0.05, 0) is 37.3 Å². The van der Waals surface area contributed by atoms with Crippen molar-refractivity contribution in [3.05, 3.63) is 35.4 Å². The number of thioether (sulfide) groups is 1. The van der Waals surface area contributed by atoms with Gasteiger partial charge in [0.2, 0.25) is 0 Å². The molecule has 17 heavy (non-hydrogen) atoms. The molecule has 2 unspecified atom stereocenters. The van der Waals surface area contributed by atoms with Crippen LogP contribution in [0.15, 0.2) is 24.3 Å². The van der Waals surface area contributed by atoms with Gasteiger partial charge in [-0.2, -0.15) is 0 Å². The van der Waals surface area contributed by atoms with Crippen LogP contribution in [-0.2, 0) is 12.8 Å². The zero-order valence-corrected chi connectivity index (χ0v) is 11.3. The Morgan fingerprint density at radius 3 is 2.65 bits per heavy atom. The molecule has 0 amide bonds. The highest BCUT2D eigenvalue weighted by molar-refractivity contribution is 8.00. The van der Waals surface area contributed by atoms with Crippen molar-refractivity contribution in [3.8, 4) is 0 Å². The summed E-state index contributed by atoms with van der Waals surface area (Å²) in [4.78, 5) is 0. The maximum absolute atomic E-state index is 5.79. The molecule has 0 radical (unpaired) electrons. The molecule has 2 nitrogen and oxygen atoms in total. The summed E-state index contributed by atoms with van der Waals surface area (Å²) in [5, 5.41) is 4.18. The highest BCUT2D eigenvalue weighted by atomic mass is 32.2. The molecular formula is C14H22N2S. The van der Waals surface area contributed by atoms with Gasteiger partial charge in [-0.25, -0.2) is 0 Å². The monoisotopic (exact) mass is 250 g/mol. The number of nitrogens with two attached hydrogens (primary N) is 1. The molecule has 1 fully saturated rings. The van der Waals surface area contributed by atoms with Gasteiger partial charge in [-0.3, -0.25) is 0 Å². The van der Waals surface area contributed by atoms with Crippen LogP contribution in [0.25, 0.3) is 0 Å². The molecule has 94 valence electrons. The lowest BCUT2D eigenvalue weighted by Crippen LogP contribution is -2.20. The molecule has 1 aliphatic rings. The molecule has 1 aromatic rings. The summed E-state index contributed by atoms with van der Waals surface area (Å²) in [5.41, 5.74) is 8.58. The fourth-order valence-corrected chi connectivity index (χ4v) is 3.22. The molecule has 0 saturated carbocycles. The van der Waals surface area contributed by atoms with Crippen molar-refractivity contribution in [2.45, 2.75) is 37.6 Å². The molecular weight excluding hydrogens is 228 g/mol. The minimum atomic E-state index is 0.250. The van der Waals surface area contributed by atoms with Gasteiger partial charge >= 0.3 is 0 Å². The van der Waals surface area contributed by atoms with Gasteiger partial charge in [0.05, 0.1) is 5.37 Å². The minimum absolute atomic E-state index is 0.250. The molecule has 1 heterocycles. The largest absolute Gasteiger partial charge is 0.328 e. The van der Waals surface area contributed by atoms with Crippen LogP contribution in [0.3, 0.4) is 0 Å². The zero-order valence-electron chi connectivity index (χ0n) is 10.5. The first-order chi connectivity index (χ1) is 8.24. The molecule has 2 atom stereocenters. The Labute approximate surface area is 108 Å². The molecule has 0 spiro atoms. The Morgan fingerprint density at radius 2 is 2.06 bits per heavy atom. The van der Waals surface area contributed by atoms with Gasteiger partial charge < -0.3 is 11.1 Å². The van der Waals surface area contributed by atoms with E-state index in [2.05, 4.69) is 36.5 Å². The molecule has 0 aromatic heterocycles. The predicted octanol–water partition coefficient (Wildman–Crippen LogP) is 2.17. The lowest BCUT2D eigenvalue weighted by molar-refractivity contribution is 0.658. The van der Waals surface area contributed by atoms with Crippen molar-refractivity contribution in [1.29, 1.82) is 0 Å². The fraction of sp³-hybridized carbons (Fsp3) is 0.571. The quantitative estimate of drug-likeness (QED) is 0.841. The van der Waals surface area contributed by atoms with Gasteiger partial charge in [0.15, 0.2) is 0 Å². The van der Waals surface area contributed by atoms with Crippen LogP contribution in [-0.4, -0.2) is 23.7 Å². The first kappa shape index (κ1) is 12.9. The summed E-state index contributed by atoms with van der Waals surface area (Å²) in [6.07, 6.45) is 3.38. The maximum atomic E-state index is 5.79. The van der Waals surface area contributed by atoms with Crippen LogP contribution in [0.5, 0.6) is 0 Å². The number of benzene rings is 1. The summed E-state index contributed by atoms with van der Waals surface area (Å²) in [5.74, 6) is 1.26. The Balaban J connectivity index is 1.80. The van der Waals surface area contributed by atoms with E-state index in [9.17, 15) is 0 Å². The Hall–Kier alpha value is -0.510. The standard InChI is InChI=1S/C14H22N2S/c1-11(15)10-13-4-2-12(3-5-13)6-7-14-16-8-9-17-14/h2-5,11,14,16H,6-10,15H2,1H3. The second-order valence-corrected chi connectivity index (χ2v) is 6.16. The maximum Gasteiger partial charge on any atom is 0.0536 e. The van der Waals surface area contributed by atoms with Gasteiger partial charge in [0.1, 0.15) is 0 Å². The van der Waals surface area contributed by atoms with Crippen molar-refractivity contribution in [2.24, 2.45) is 5.73 Å². The second kappa shape index (κ2) is 6.43. The number of aryl methyl sites for hydroxylation is 1. The van der Waals surface area contributed by atoms with E-state index in [-0.39, 0.29) is 6.04 Å². The topological polar surface area (TPSA) is 38.0 Å². The van der Waals surface area contributed by atoms with Crippen molar-refractivity contribution >= 4 is 11.8 Å². The summed E-state index contributed by atoms with van der Waals surface area (Å²) in [7, 11) is 0. The summed E-state index contributed by atoms with van der Waals surface area (Å²) in [6.45, 7) is 3.22. The molecule has 1 aliphatic heterocycles. The van der Waals surface area contributed by atoms with E-state index >= 15 is 0 Å². The number of hydrogen-bond acceptors (Lipinski definition) is 3. The van der Waals surface area contributed by atoms with Crippen molar-refractivity contribution < 1.29 is 0 Å². The lowest BCUT2D eigenvalue weighted by Gasteiger charge is -2.10. The number of rotatable bonds is 5. The van der Waals surface area contributed by atoms with E-state index in [0.29, 0.717) is 5.37 Å². The van der Waals surface area contributed by atoms with E-state index < -0.39 is 0 Å². The number of nitrogens with one attached hydrogen (secondary N) is 1. The van der Waals surface area contributed by atoms with Gasteiger partial charge in [0, 0.05) is 18.3 Å². The Morgan fingerprint density at radius 1 is 1.35 bits per heavy atom. The third kappa shape index (κ3) is 4.34. The van der Waals surface area contributed by atoms with E-state index in [1.54, 1.807) is 0 Å². The molecule has 1 saturated heterocycles. The third-order valence-corrected chi connectivity index (χ3v) is 4.31. The molecule has 0 aliphatic carbocycles. The van der Waals surface area contributed by atoms with Gasteiger partial charge in [0.25, 0.3) is 0 Å². The van der Waals surface area contributed by atoms with Gasteiger partial charge in [-0.15, -0.1) is 11.8 Å². The van der Waals surface area contributed by atoms with Crippen LogP contribution in [0.1, 0.15) is 24.5 Å². The van der Waals surface area contributed by atoms with Crippen molar-refractivity contribution in [3.63, 3.8) is 0 Å². The van der Waals surface area contributed by atoms with E-state index in [1.807, 2.05) is 11.8 Å².